The lowest BCUT2D eigenvalue weighted by molar-refractivity contribution is -0.129. The zero-order chi connectivity index (χ0) is 15.9. The molecule has 1 aliphatic carbocycles. The Hall–Kier alpha value is -1.91. The number of halogens is 1. The van der Waals surface area contributed by atoms with Crippen molar-refractivity contribution in [2.24, 2.45) is 0 Å². The summed E-state index contributed by atoms with van der Waals surface area (Å²) in [6.07, 6.45) is 5.59. The lowest BCUT2D eigenvalue weighted by Gasteiger charge is -2.19. The van der Waals surface area contributed by atoms with Crippen molar-refractivity contribution < 1.29 is 18.7 Å². The molecule has 22 heavy (non-hydrogen) atoms. The Morgan fingerprint density at radius 2 is 1.82 bits per heavy atom. The van der Waals surface area contributed by atoms with Crippen molar-refractivity contribution in [3.63, 3.8) is 0 Å². The number of carbonyl (C=O) groups is 2. The molecule has 1 N–H and O–H groups in total. The minimum absolute atomic E-state index is 0.143. The number of hydrogen-bond donors (Lipinski definition) is 1. The molecular weight excluding hydrogens is 285 g/mol. The molecule has 4 nitrogen and oxygen atoms in total. The topological polar surface area (TPSA) is 55.4 Å². The van der Waals surface area contributed by atoms with Gasteiger partial charge in [0.05, 0.1) is 5.56 Å². The number of esters is 1. The smallest absolute Gasteiger partial charge is 0.341 e. The third kappa shape index (κ3) is 4.55. The van der Waals surface area contributed by atoms with E-state index in [1.54, 1.807) is 6.07 Å². The maximum absolute atomic E-state index is 13.5. The summed E-state index contributed by atoms with van der Waals surface area (Å²) in [5.74, 6) is -1.79. The van der Waals surface area contributed by atoms with Gasteiger partial charge < -0.3 is 10.1 Å². The number of hydrogen-bond acceptors (Lipinski definition) is 3. The quantitative estimate of drug-likeness (QED) is 0.686. The Balaban J connectivity index is 1.88. The fourth-order valence-electron chi connectivity index (χ4n) is 2.65. The number of rotatable bonds is 4. The minimum atomic E-state index is -0.935. The summed E-state index contributed by atoms with van der Waals surface area (Å²) < 4.78 is 18.6. The van der Waals surface area contributed by atoms with E-state index in [2.05, 4.69) is 5.32 Å². The summed E-state index contributed by atoms with van der Waals surface area (Å²) >= 11 is 0. The predicted octanol–water partition coefficient (Wildman–Crippen LogP) is 3.21. The lowest BCUT2D eigenvalue weighted by Crippen LogP contribution is -2.41. The molecule has 0 spiro atoms. The average Bonchev–Trinajstić information content (AvgIpc) is 2.76. The molecule has 1 amide bonds. The van der Waals surface area contributed by atoms with E-state index >= 15 is 0 Å². The van der Waals surface area contributed by atoms with Gasteiger partial charge in [0, 0.05) is 6.04 Å². The van der Waals surface area contributed by atoms with Gasteiger partial charge in [-0.2, -0.15) is 0 Å². The van der Waals surface area contributed by atoms with Crippen molar-refractivity contribution in [1.82, 2.24) is 5.32 Å². The summed E-state index contributed by atoms with van der Waals surface area (Å²) in [4.78, 5) is 24.0. The lowest BCUT2D eigenvalue weighted by atomic mass is 10.1. The normalized spacial score (nSPS) is 17.4. The molecule has 1 aromatic carbocycles. The van der Waals surface area contributed by atoms with Crippen molar-refractivity contribution in [3.05, 3.63) is 35.6 Å². The Morgan fingerprint density at radius 3 is 2.45 bits per heavy atom. The first-order valence-electron chi connectivity index (χ1n) is 7.84. The monoisotopic (exact) mass is 307 g/mol. The molecule has 0 radical (unpaired) electrons. The molecule has 120 valence electrons. The number of benzene rings is 1. The van der Waals surface area contributed by atoms with Gasteiger partial charge in [-0.05, 0) is 31.9 Å². The molecule has 1 atom stereocenters. The Bertz CT molecular complexity index is 524. The standard InChI is InChI=1S/C17H22FNO3/c1-12(16(20)19-13-8-4-2-3-5-9-13)22-17(21)14-10-6-7-11-15(14)18/h6-7,10-13H,2-5,8-9H2,1H3,(H,19,20)/t12-/m1/s1. The van der Waals surface area contributed by atoms with Gasteiger partial charge in [-0.1, -0.05) is 37.8 Å². The van der Waals surface area contributed by atoms with E-state index in [4.69, 9.17) is 4.74 Å². The highest BCUT2D eigenvalue weighted by Gasteiger charge is 2.23. The summed E-state index contributed by atoms with van der Waals surface area (Å²) in [5, 5.41) is 2.92. The van der Waals surface area contributed by atoms with Crippen molar-refractivity contribution in [2.45, 2.75) is 57.6 Å². The van der Waals surface area contributed by atoms with Gasteiger partial charge in [-0.3, -0.25) is 4.79 Å². The molecule has 1 aliphatic rings. The molecule has 1 fully saturated rings. The second-order valence-electron chi connectivity index (χ2n) is 5.72. The predicted molar refractivity (Wildman–Crippen MR) is 80.9 cm³/mol. The first kappa shape index (κ1) is 16.5. The summed E-state index contributed by atoms with van der Waals surface area (Å²) in [5.41, 5.74) is -0.156. The van der Waals surface area contributed by atoms with E-state index in [9.17, 15) is 14.0 Å². The van der Waals surface area contributed by atoms with E-state index in [1.807, 2.05) is 0 Å². The molecule has 1 aromatic rings. The zero-order valence-electron chi connectivity index (χ0n) is 12.8. The Kier molecular flexibility index (Phi) is 5.92. The van der Waals surface area contributed by atoms with Crippen LogP contribution in [0.4, 0.5) is 4.39 Å². The van der Waals surface area contributed by atoms with E-state index in [1.165, 1.54) is 38.0 Å². The highest BCUT2D eigenvalue weighted by molar-refractivity contribution is 5.92. The van der Waals surface area contributed by atoms with Crippen LogP contribution in [-0.4, -0.2) is 24.0 Å². The van der Waals surface area contributed by atoms with Crippen molar-refractivity contribution in [1.29, 1.82) is 0 Å². The van der Waals surface area contributed by atoms with Crippen LogP contribution in [0.25, 0.3) is 0 Å². The summed E-state index contributed by atoms with van der Waals surface area (Å²) in [6.45, 7) is 1.50. The third-order valence-corrected chi connectivity index (χ3v) is 3.95. The van der Waals surface area contributed by atoms with Crippen molar-refractivity contribution >= 4 is 11.9 Å². The van der Waals surface area contributed by atoms with Crippen LogP contribution in [-0.2, 0) is 9.53 Å². The van der Waals surface area contributed by atoms with Gasteiger partial charge in [0.25, 0.3) is 5.91 Å². The third-order valence-electron chi connectivity index (χ3n) is 3.95. The molecule has 0 heterocycles. The van der Waals surface area contributed by atoms with Crippen LogP contribution in [0.5, 0.6) is 0 Å². The molecule has 0 saturated heterocycles. The van der Waals surface area contributed by atoms with Gasteiger partial charge in [0.2, 0.25) is 0 Å². The molecule has 1 saturated carbocycles. The van der Waals surface area contributed by atoms with E-state index in [0.717, 1.165) is 25.7 Å². The largest absolute Gasteiger partial charge is 0.449 e. The van der Waals surface area contributed by atoms with E-state index in [-0.39, 0.29) is 17.5 Å². The van der Waals surface area contributed by atoms with Crippen LogP contribution in [0.15, 0.2) is 24.3 Å². The molecular formula is C17H22FNO3. The highest BCUT2D eigenvalue weighted by Crippen LogP contribution is 2.17. The van der Waals surface area contributed by atoms with Crippen LogP contribution >= 0.6 is 0 Å². The fourth-order valence-corrected chi connectivity index (χ4v) is 2.65. The Labute approximate surface area is 130 Å². The van der Waals surface area contributed by atoms with Crippen molar-refractivity contribution in [2.75, 3.05) is 0 Å². The van der Waals surface area contributed by atoms with Gasteiger partial charge in [0.15, 0.2) is 6.10 Å². The second kappa shape index (κ2) is 7.92. The molecule has 0 aromatic heterocycles. The van der Waals surface area contributed by atoms with Crippen LogP contribution in [0.1, 0.15) is 55.8 Å². The minimum Gasteiger partial charge on any atom is -0.449 e. The number of nitrogens with one attached hydrogen (secondary N) is 1. The maximum Gasteiger partial charge on any atom is 0.341 e. The number of amides is 1. The molecule has 0 aliphatic heterocycles. The molecule has 0 bridgehead atoms. The fraction of sp³-hybridized carbons (Fsp3) is 0.529. The summed E-state index contributed by atoms with van der Waals surface area (Å²) in [7, 11) is 0. The zero-order valence-corrected chi connectivity index (χ0v) is 12.8. The van der Waals surface area contributed by atoms with Crippen LogP contribution in [0.3, 0.4) is 0 Å². The van der Waals surface area contributed by atoms with Gasteiger partial charge in [-0.15, -0.1) is 0 Å². The van der Waals surface area contributed by atoms with Gasteiger partial charge in [0.1, 0.15) is 5.82 Å². The van der Waals surface area contributed by atoms with E-state index < -0.39 is 17.9 Å². The summed E-state index contributed by atoms with van der Waals surface area (Å²) in [6, 6.07) is 5.72. The van der Waals surface area contributed by atoms with Gasteiger partial charge >= 0.3 is 5.97 Å². The molecule has 0 unspecified atom stereocenters. The van der Waals surface area contributed by atoms with Crippen LogP contribution in [0.2, 0.25) is 0 Å². The second-order valence-corrected chi connectivity index (χ2v) is 5.72. The van der Waals surface area contributed by atoms with E-state index in [0.29, 0.717) is 0 Å². The number of carbonyl (C=O) groups excluding carboxylic acids is 2. The average molecular weight is 307 g/mol. The first-order valence-corrected chi connectivity index (χ1v) is 7.84. The first-order chi connectivity index (χ1) is 10.6. The van der Waals surface area contributed by atoms with Crippen LogP contribution in [0, 0.1) is 5.82 Å². The highest BCUT2D eigenvalue weighted by atomic mass is 19.1. The van der Waals surface area contributed by atoms with Crippen molar-refractivity contribution in [3.8, 4) is 0 Å². The molecule has 5 heteroatoms. The van der Waals surface area contributed by atoms with Crippen LogP contribution < -0.4 is 5.32 Å². The molecule has 2 rings (SSSR count). The maximum atomic E-state index is 13.5. The Morgan fingerprint density at radius 1 is 1.18 bits per heavy atom. The SMILES string of the molecule is C[C@@H](OC(=O)c1ccccc1F)C(=O)NC1CCCCCC1. The van der Waals surface area contributed by atoms with Gasteiger partial charge in [-0.25, -0.2) is 9.18 Å². The number of ether oxygens (including phenoxy) is 1.